The number of fused-ring (bicyclic) bond motifs is 1. The van der Waals surface area contributed by atoms with Crippen molar-refractivity contribution in [1.29, 1.82) is 0 Å². The molecule has 0 bridgehead atoms. The Morgan fingerprint density at radius 2 is 2.39 bits per heavy atom. The van der Waals surface area contributed by atoms with E-state index in [2.05, 4.69) is 11.9 Å². The van der Waals surface area contributed by atoms with E-state index in [1.54, 1.807) is 23.3 Å². The molecule has 0 aromatic carbocycles. The molecular formula is C13H20N2O2S. The number of rotatable bonds is 4. The number of ether oxygens (including phenoxy) is 1. The fraction of sp³-hybridized carbons (Fsp3) is 0.692. The number of carbonyl (C=O) groups excluding carboxylic acids is 1. The van der Waals surface area contributed by atoms with Crippen LogP contribution in [-0.2, 0) is 16.0 Å². The Bertz CT molecular complexity index is 431. The van der Waals surface area contributed by atoms with Crippen molar-refractivity contribution in [2.45, 2.75) is 32.1 Å². The predicted octanol–water partition coefficient (Wildman–Crippen LogP) is 1.98. The van der Waals surface area contributed by atoms with Crippen molar-refractivity contribution >= 4 is 17.2 Å². The summed E-state index contributed by atoms with van der Waals surface area (Å²) >= 11 is 1.80. The summed E-state index contributed by atoms with van der Waals surface area (Å²) in [7, 11) is 3.39. The van der Waals surface area contributed by atoms with E-state index in [1.807, 2.05) is 7.05 Å². The summed E-state index contributed by atoms with van der Waals surface area (Å²) in [5, 5.41) is 1.14. The maximum atomic E-state index is 11.7. The maximum absolute atomic E-state index is 11.7. The molecule has 2 rings (SSSR count). The summed E-state index contributed by atoms with van der Waals surface area (Å²) in [6.07, 6.45) is 3.47. The van der Waals surface area contributed by atoms with Gasteiger partial charge in [0.2, 0.25) is 5.91 Å². The van der Waals surface area contributed by atoms with Crippen LogP contribution in [-0.4, -0.2) is 43.1 Å². The van der Waals surface area contributed by atoms with E-state index < -0.39 is 0 Å². The number of nitrogens with zero attached hydrogens (tertiary/aromatic N) is 2. The number of carbonyl (C=O) groups is 1. The van der Waals surface area contributed by atoms with Crippen LogP contribution in [0.1, 0.15) is 34.3 Å². The van der Waals surface area contributed by atoms with Gasteiger partial charge in [-0.05, 0) is 26.2 Å². The minimum atomic E-state index is 0.0385. The first kappa shape index (κ1) is 13.5. The Labute approximate surface area is 112 Å². The number of likely N-dealkylation sites (N-methyl/N-ethyl adjacent to an activating group) is 1. The normalized spacial score (nSPS) is 18.5. The van der Waals surface area contributed by atoms with E-state index in [0.717, 1.165) is 24.4 Å². The topological polar surface area (TPSA) is 42.4 Å². The third kappa shape index (κ3) is 2.90. The lowest BCUT2D eigenvalue weighted by atomic mass is 9.90. The smallest absolute Gasteiger partial charge is 0.248 e. The lowest BCUT2D eigenvalue weighted by Crippen LogP contribution is -2.34. The van der Waals surface area contributed by atoms with Gasteiger partial charge in [0.05, 0.1) is 10.7 Å². The number of aryl methyl sites for hydroxylation is 2. The van der Waals surface area contributed by atoms with Crippen molar-refractivity contribution in [3.05, 3.63) is 15.6 Å². The summed E-state index contributed by atoms with van der Waals surface area (Å²) in [5.41, 5.74) is 1.22. The van der Waals surface area contributed by atoms with Crippen molar-refractivity contribution in [2.75, 3.05) is 27.3 Å². The van der Waals surface area contributed by atoms with Crippen molar-refractivity contribution in [1.82, 2.24) is 9.88 Å². The minimum Gasteiger partial charge on any atom is -0.375 e. The standard InChI is InChI=1S/C13H20N2O2S/c1-9-14-13-10(5-4-6-11(13)18-9)7-15(2)12(16)8-17-3/h10H,4-8H2,1-3H3. The molecule has 0 fully saturated rings. The van der Waals surface area contributed by atoms with Crippen LogP contribution >= 0.6 is 11.3 Å². The monoisotopic (exact) mass is 268 g/mol. The van der Waals surface area contributed by atoms with Gasteiger partial charge in [-0.15, -0.1) is 11.3 Å². The highest BCUT2D eigenvalue weighted by molar-refractivity contribution is 7.11. The molecule has 4 nitrogen and oxygen atoms in total. The highest BCUT2D eigenvalue weighted by atomic mass is 32.1. The summed E-state index contributed by atoms with van der Waals surface area (Å²) < 4.78 is 4.88. The molecule has 100 valence electrons. The Morgan fingerprint density at radius 1 is 1.61 bits per heavy atom. The molecule has 0 spiro atoms. The van der Waals surface area contributed by atoms with Crippen molar-refractivity contribution in [3.8, 4) is 0 Å². The molecule has 1 unspecified atom stereocenters. The summed E-state index contributed by atoms with van der Waals surface area (Å²) in [5.74, 6) is 0.432. The van der Waals surface area contributed by atoms with Gasteiger partial charge in [0, 0.05) is 31.5 Å². The van der Waals surface area contributed by atoms with Crippen LogP contribution in [0.3, 0.4) is 0 Å². The van der Waals surface area contributed by atoms with Crippen LogP contribution in [0.4, 0.5) is 0 Å². The van der Waals surface area contributed by atoms with E-state index in [9.17, 15) is 4.79 Å². The molecule has 1 atom stereocenters. The van der Waals surface area contributed by atoms with Crippen molar-refractivity contribution in [2.24, 2.45) is 0 Å². The molecule has 1 aliphatic rings. The molecule has 1 aromatic rings. The molecule has 18 heavy (non-hydrogen) atoms. The minimum absolute atomic E-state index is 0.0385. The largest absolute Gasteiger partial charge is 0.375 e. The third-order valence-electron chi connectivity index (χ3n) is 3.37. The molecule has 5 heteroatoms. The van der Waals surface area contributed by atoms with Crippen LogP contribution in [0.15, 0.2) is 0 Å². The lowest BCUT2D eigenvalue weighted by molar-refractivity contribution is -0.134. The summed E-state index contributed by atoms with van der Waals surface area (Å²) in [6, 6.07) is 0. The molecule has 1 aromatic heterocycles. The van der Waals surface area contributed by atoms with Crippen LogP contribution < -0.4 is 0 Å². The summed E-state index contributed by atoms with van der Waals surface area (Å²) in [6.45, 7) is 2.96. The number of thiazole rings is 1. The number of aromatic nitrogens is 1. The van der Waals surface area contributed by atoms with E-state index >= 15 is 0 Å². The molecule has 0 saturated carbocycles. The van der Waals surface area contributed by atoms with Gasteiger partial charge in [-0.2, -0.15) is 0 Å². The van der Waals surface area contributed by atoms with Gasteiger partial charge >= 0.3 is 0 Å². The second-order valence-corrected chi connectivity index (χ2v) is 6.13. The van der Waals surface area contributed by atoms with Crippen LogP contribution in [0.2, 0.25) is 0 Å². The molecule has 0 aliphatic heterocycles. The fourth-order valence-electron chi connectivity index (χ4n) is 2.47. The predicted molar refractivity (Wildman–Crippen MR) is 72.0 cm³/mol. The molecular weight excluding hydrogens is 248 g/mol. The van der Waals surface area contributed by atoms with Gasteiger partial charge in [-0.3, -0.25) is 4.79 Å². The first-order valence-corrected chi connectivity index (χ1v) is 7.12. The van der Waals surface area contributed by atoms with Gasteiger partial charge in [-0.1, -0.05) is 0 Å². The zero-order chi connectivity index (χ0) is 13.1. The van der Waals surface area contributed by atoms with E-state index in [4.69, 9.17) is 4.74 Å². The van der Waals surface area contributed by atoms with Crippen LogP contribution in [0.25, 0.3) is 0 Å². The first-order chi connectivity index (χ1) is 8.61. The molecule has 1 heterocycles. The number of hydrogen-bond donors (Lipinski definition) is 0. The van der Waals surface area contributed by atoms with Crippen molar-refractivity contribution < 1.29 is 9.53 Å². The second kappa shape index (κ2) is 5.80. The third-order valence-corrected chi connectivity index (χ3v) is 4.41. The Hall–Kier alpha value is -0.940. The SMILES string of the molecule is COCC(=O)N(C)CC1CCCc2sc(C)nc21. The quantitative estimate of drug-likeness (QED) is 0.838. The highest BCUT2D eigenvalue weighted by Crippen LogP contribution is 2.34. The van der Waals surface area contributed by atoms with Gasteiger partial charge in [-0.25, -0.2) is 4.98 Å². The first-order valence-electron chi connectivity index (χ1n) is 6.31. The van der Waals surface area contributed by atoms with E-state index in [-0.39, 0.29) is 12.5 Å². The van der Waals surface area contributed by atoms with Crippen LogP contribution in [0.5, 0.6) is 0 Å². The summed E-state index contributed by atoms with van der Waals surface area (Å²) in [4.78, 5) is 19.5. The number of methoxy groups -OCH3 is 1. The zero-order valence-corrected chi connectivity index (χ0v) is 12.0. The maximum Gasteiger partial charge on any atom is 0.248 e. The Balaban J connectivity index is 2.04. The zero-order valence-electron chi connectivity index (χ0n) is 11.2. The highest BCUT2D eigenvalue weighted by Gasteiger charge is 2.26. The van der Waals surface area contributed by atoms with Gasteiger partial charge in [0.15, 0.2) is 0 Å². The van der Waals surface area contributed by atoms with Crippen molar-refractivity contribution in [3.63, 3.8) is 0 Å². The average molecular weight is 268 g/mol. The Kier molecular flexibility index (Phi) is 4.35. The molecule has 0 saturated heterocycles. The molecule has 0 radical (unpaired) electrons. The lowest BCUT2D eigenvalue weighted by Gasteiger charge is -2.26. The number of amides is 1. The van der Waals surface area contributed by atoms with E-state index in [1.165, 1.54) is 17.0 Å². The average Bonchev–Trinajstić information content (AvgIpc) is 2.71. The van der Waals surface area contributed by atoms with Crippen LogP contribution in [0, 0.1) is 6.92 Å². The molecule has 1 aliphatic carbocycles. The fourth-order valence-corrected chi connectivity index (χ4v) is 3.54. The van der Waals surface area contributed by atoms with Gasteiger partial charge in [0.1, 0.15) is 6.61 Å². The van der Waals surface area contributed by atoms with Gasteiger partial charge in [0.25, 0.3) is 0 Å². The molecule has 0 N–H and O–H groups in total. The second-order valence-electron chi connectivity index (χ2n) is 4.84. The van der Waals surface area contributed by atoms with Gasteiger partial charge < -0.3 is 9.64 Å². The van der Waals surface area contributed by atoms with E-state index in [0.29, 0.717) is 5.92 Å². The number of hydrogen-bond acceptors (Lipinski definition) is 4. The molecule has 1 amide bonds. The Morgan fingerprint density at radius 3 is 3.11 bits per heavy atom.